The fraction of sp³-hybridized carbons (Fsp3) is 0.300. The van der Waals surface area contributed by atoms with Gasteiger partial charge in [-0.15, -0.1) is 0 Å². The molecule has 8 heteroatoms. The number of nitrogens with zero attached hydrogens (tertiary/aromatic N) is 1. The van der Waals surface area contributed by atoms with E-state index in [9.17, 15) is 18.0 Å². The highest BCUT2D eigenvalue weighted by molar-refractivity contribution is 7.89. The Morgan fingerprint density at radius 1 is 1.14 bits per heavy atom. The zero-order valence-electron chi connectivity index (χ0n) is 15.8. The maximum atomic E-state index is 12.7. The summed E-state index contributed by atoms with van der Waals surface area (Å²) >= 11 is 0. The quantitative estimate of drug-likeness (QED) is 0.775. The molecule has 1 aliphatic rings. The first-order chi connectivity index (χ1) is 13.3. The fourth-order valence-corrected chi connectivity index (χ4v) is 4.27. The predicted molar refractivity (Wildman–Crippen MR) is 105 cm³/mol. The summed E-state index contributed by atoms with van der Waals surface area (Å²) in [6.45, 7) is 2.25. The lowest BCUT2D eigenvalue weighted by molar-refractivity contribution is -0.116. The number of carbonyl (C=O) groups is 2. The molecule has 1 N–H and O–H groups in total. The molecule has 0 fully saturated rings. The number of fused-ring (bicyclic) bond motifs is 1. The van der Waals surface area contributed by atoms with Gasteiger partial charge in [-0.1, -0.05) is 12.1 Å². The molecule has 1 aliphatic heterocycles. The van der Waals surface area contributed by atoms with E-state index >= 15 is 0 Å². The number of sulfonamides is 1. The van der Waals surface area contributed by atoms with E-state index in [1.807, 2.05) is 0 Å². The number of nitrogens with one attached hydrogen (secondary N) is 1. The van der Waals surface area contributed by atoms with Crippen LogP contribution >= 0.6 is 0 Å². The highest BCUT2D eigenvalue weighted by Crippen LogP contribution is 2.29. The van der Waals surface area contributed by atoms with Crippen molar-refractivity contribution in [3.63, 3.8) is 0 Å². The number of benzene rings is 2. The zero-order chi connectivity index (χ0) is 20.3. The van der Waals surface area contributed by atoms with Gasteiger partial charge in [0, 0.05) is 25.7 Å². The Kier molecular flexibility index (Phi) is 5.81. The van der Waals surface area contributed by atoms with Crippen molar-refractivity contribution < 1.29 is 22.7 Å². The summed E-state index contributed by atoms with van der Waals surface area (Å²) in [5.74, 6) is -0.495. The van der Waals surface area contributed by atoms with Crippen LogP contribution in [0.4, 0.5) is 5.69 Å². The lowest BCUT2D eigenvalue weighted by atomic mass is 10.0. The Balaban J connectivity index is 1.74. The summed E-state index contributed by atoms with van der Waals surface area (Å²) < 4.78 is 32.5. The van der Waals surface area contributed by atoms with Crippen LogP contribution in [0.15, 0.2) is 47.4 Å². The van der Waals surface area contributed by atoms with Gasteiger partial charge in [0.25, 0.3) is 0 Å². The Hall–Kier alpha value is -2.71. The highest BCUT2D eigenvalue weighted by atomic mass is 32.2. The molecular formula is C20H22N2O5S. The van der Waals surface area contributed by atoms with Crippen molar-refractivity contribution in [3.05, 3.63) is 59.2 Å². The van der Waals surface area contributed by atoms with E-state index in [0.29, 0.717) is 12.1 Å². The molecule has 2 aromatic rings. The minimum Gasteiger partial charge on any atom is -0.465 e. The van der Waals surface area contributed by atoms with E-state index in [1.54, 1.807) is 41.3 Å². The van der Waals surface area contributed by atoms with Crippen LogP contribution in [0.2, 0.25) is 0 Å². The molecule has 0 radical (unpaired) electrons. The molecule has 0 bridgehead atoms. The number of carbonyl (C=O) groups excluding carboxylic acids is 2. The van der Waals surface area contributed by atoms with Gasteiger partial charge in [-0.25, -0.2) is 17.9 Å². The van der Waals surface area contributed by atoms with E-state index in [-0.39, 0.29) is 17.3 Å². The van der Waals surface area contributed by atoms with E-state index in [0.717, 1.165) is 29.7 Å². The largest absolute Gasteiger partial charge is 0.465 e. The smallest absolute Gasteiger partial charge is 0.337 e. The normalized spacial score (nSPS) is 13.7. The second-order valence-electron chi connectivity index (χ2n) is 6.58. The minimum atomic E-state index is -3.71. The molecule has 148 valence electrons. The van der Waals surface area contributed by atoms with E-state index in [2.05, 4.69) is 9.46 Å². The van der Waals surface area contributed by atoms with Gasteiger partial charge in [0.1, 0.15) is 0 Å². The molecule has 0 aromatic heterocycles. The Morgan fingerprint density at radius 3 is 2.50 bits per heavy atom. The molecule has 0 spiro atoms. The molecule has 0 atom stereocenters. The van der Waals surface area contributed by atoms with Crippen LogP contribution < -0.4 is 9.62 Å². The highest BCUT2D eigenvalue weighted by Gasteiger charge is 2.23. The van der Waals surface area contributed by atoms with Gasteiger partial charge in [-0.3, -0.25) is 4.79 Å². The van der Waals surface area contributed by atoms with Crippen LogP contribution in [0, 0.1) is 0 Å². The third-order valence-corrected chi connectivity index (χ3v) is 6.10. The monoisotopic (exact) mass is 402 g/mol. The number of ether oxygens (including phenoxy) is 1. The summed E-state index contributed by atoms with van der Waals surface area (Å²) in [6, 6.07) is 11.4. The number of hydrogen-bond donors (Lipinski definition) is 1. The van der Waals surface area contributed by atoms with Crippen molar-refractivity contribution in [2.45, 2.75) is 31.2 Å². The Morgan fingerprint density at radius 2 is 1.86 bits per heavy atom. The number of hydrogen-bond acceptors (Lipinski definition) is 5. The van der Waals surface area contributed by atoms with Crippen molar-refractivity contribution in [2.24, 2.45) is 0 Å². The first-order valence-corrected chi connectivity index (χ1v) is 10.4. The SMILES string of the molecule is COC(=O)c1ccc(CNS(=O)(=O)c2ccc3c(c2)CCCN3C(C)=O)cc1. The van der Waals surface area contributed by atoms with Gasteiger partial charge in [0.15, 0.2) is 0 Å². The van der Waals surface area contributed by atoms with Crippen molar-refractivity contribution in [2.75, 3.05) is 18.6 Å². The number of methoxy groups -OCH3 is 1. The molecule has 0 saturated carbocycles. The van der Waals surface area contributed by atoms with Crippen LogP contribution in [0.5, 0.6) is 0 Å². The molecule has 0 unspecified atom stereocenters. The standard InChI is InChI=1S/C20H22N2O5S/c1-14(23)22-11-3-4-17-12-18(9-10-19(17)22)28(25,26)21-13-15-5-7-16(8-6-15)20(24)27-2/h5-10,12,21H,3-4,11,13H2,1-2H3. The van der Waals surface area contributed by atoms with Gasteiger partial charge in [-0.05, 0) is 54.3 Å². The van der Waals surface area contributed by atoms with E-state index < -0.39 is 16.0 Å². The Bertz CT molecular complexity index is 1000. The van der Waals surface area contributed by atoms with Crippen molar-refractivity contribution in [3.8, 4) is 0 Å². The van der Waals surface area contributed by atoms with Gasteiger partial charge < -0.3 is 9.64 Å². The summed E-state index contributed by atoms with van der Waals surface area (Å²) in [5, 5.41) is 0. The Labute approximate surface area is 164 Å². The minimum absolute atomic E-state index is 0.0508. The fourth-order valence-electron chi connectivity index (χ4n) is 3.21. The van der Waals surface area contributed by atoms with Crippen LogP contribution in [0.3, 0.4) is 0 Å². The van der Waals surface area contributed by atoms with E-state index in [1.165, 1.54) is 20.1 Å². The molecule has 0 aliphatic carbocycles. The number of aryl methyl sites for hydroxylation is 1. The maximum Gasteiger partial charge on any atom is 0.337 e. The molecule has 2 aromatic carbocycles. The molecule has 3 rings (SSSR count). The molecule has 7 nitrogen and oxygen atoms in total. The average molecular weight is 402 g/mol. The number of amides is 1. The van der Waals surface area contributed by atoms with Crippen LogP contribution in [-0.4, -0.2) is 33.9 Å². The van der Waals surface area contributed by atoms with Gasteiger partial charge in [0.2, 0.25) is 15.9 Å². The lowest BCUT2D eigenvalue weighted by Crippen LogP contribution is -2.33. The first-order valence-electron chi connectivity index (χ1n) is 8.90. The van der Waals surface area contributed by atoms with Gasteiger partial charge in [0.05, 0.1) is 17.6 Å². The molecular weight excluding hydrogens is 380 g/mol. The van der Waals surface area contributed by atoms with Gasteiger partial charge in [-0.2, -0.15) is 0 Å². The van der Waals surface area contributed by atoms with Crippen LogP contribution in [0.1, 0.15) is 34.8 Å². The zero-order valence-corrected chi connectivity index (χ0v) is 16.6. The van der Waals surface area contributed by atoms with Gasteiger partial charge >= 0.3 is 5.97 Å². The van der Waals surface area contributed by atoms with Crippen LogP contribution in [0.25, 0.3) is 0 Å². The molecule has 0 saturated heterocycles. The van der Waals surface area contributed by atoms with Crippen molar-refractivity contribution in [1.82, 2.24) is 4.72 Å². The first kappa shape index (κ1) is 20.0. The molecule has 1 heterocycles. The third kappa shape index (κ3) is 4.23. The van der Waals surface area contributed by atoms with Crippen molar-refractivity contribution in [1.29, 1.82) is 0 Å². The second kappa shape index (κ2) is 8.12. The van der Waals surface area contributed by atoms with Crippen LogP contribution in [-0.2, 0) is 32.5 Å². The third-order valence-electron chi connectivity index (χ3n) is 4.70. The lowest BCUT2D eigenvalue weighted by Gasteiger charge is -2.28. The topological polar surface area (TPSA) is 92.8 Å². The average Bonchev–Trinajstić information content (AvgIpc) is 2.71. The molecule has 1 amide bonds. The number of rotatable bonds is 5. The number of esters is 1. The summed E-state index contributed by atoms with van der Waals surface area (Å²) in [7, 11) is -2.40. The summed E-state index contributed by atoms with van der Waals surface area (Å²) in [6.07, 6.45) is 1.54. The summed E-state index contributed by atoms with van der Waals surface area (Å²) in [4.78, 5) is 25.0. The predicted octanol–water partition coefficient (Wildman–Crippen LogP) is 2.25. The molecule has 28 heavy (non-hydrogen) atoms. The number of anilines is 1. The maximum absolute atomic E-state index is 12.7. The van der Waals surface area contributed by atoms with Crippen molar-refractivity contribution >= 4 is 27.6 Å². The summed E-state index contributed by atoms with van der Waals surface area (Å²) in [5.41, 5.74) is 2.75. The van der Waals surface area contributed by atoms with E-state index in [4.69, 9.17) is 0 Å². The second-order valence-corrected chi connectivity index (χ2v) is 8.34.